The van der Waals surface area contributed by atoms with Crippen LogP contribution in [0.3, 0.4) is 0 Å². The fourth-order valence-electron chi connectivity index (χ4n) is 1.83. The molecule has 0 aliphatic rings. The molecule has 0 aliphatic carbocycles. The van der Waals surface area contributed by atoms with Crippen LogP contribution in [0, 0.1) is 0 Å². The summed E-state index contributed by atoms with van der Waals surface area (Å²) in [5, 5.41) is 0. The van der Waals surface area contributed by atoms with Crippen LogP contribution in [-0.2, 0) is 4.74 Å². The lowest BCUT2D eigenvalue weighted by Gasteiger charge is -2.34. The van der Waals surface area contributed by atoms with Crippen LogP contribution >= 0.6 is 0 Å². The van der Waals surface area contributed by atoms with Gasteiger partial charge in [0.1, 0.15) is 5.60 Å². The van der Waals surface area contributed by atoms with Gasteiger partial charge >= 0.3 is 6.09 Å². The predicted octanol–water partition coefficient (Wildman–Crippen LogP) is 3.36. The minimum Gasteiger partial charge on any atom is -0.444 e. The van der Waals surface area contributed by atoms with Gasteiger partial charge in [-0.05, 0) is 47.6 Å². The lowest BCUT2D eigenvalue weighted by atomic mass is 10.1. The molecule has 1 unspecified atom stereocenters. The van der Waals surface area contributed by atoms with E-state index in [1.807, 2.05) is 27.8 Å². The first kappa shape index (κ1) is 18.2. The van der Waals surface area contributed by atoms with E-state index >= 15 is 0 Å². The van der Waals surface area contributed by atoms with E-state index in [0.29, 0.717) is 6.04 Å². The van der Waals surface area contributed by atoms with Crippen LogP contribution in [-0.4, -0.2) is 54.2 Å². The Bertz CT molecular complexity index is 274. The van der Waals surface area contributed by atoms with Crippen LogP contribution in [0.1, 0.15) is 54.4 Å². The molecule has 19 heavy (non-hydrogen) atoms. The van der Waals surface area contributed by atoms with Gasteiger partial charge in [0.15, 0.2) is 0 Å². The first-order valence-corrected chi connectivity index (χ1v) is 7.28. The summed E-state index contributed by atoms with van der Waals surface area (Å²) in [4.78, 5) is 16.1. The summed E-state index contributed by atoms with van der Waals surface area (Å²) in [5.41, 5.74) is -0.438. The molecular formula is C15H32N2O2. The van der Waals surface area contributed by atoms with Crippen LogP contribution in [0.2, 0.25) is 0 Å². The van der Waals surface area contributed by atoms with Gasteiger partial charge in [0.05, 0.1) is 0 Å². The van der Waals surface area contributed by atoms with Gasteiger partial charge in [-0.25, -0.2) is 4.79 Å². The van der Waals surface area contributed by atoms with Crippen molar-refractivity contribution in [3.05, 3.63) is 0 Å². The molecule has 0 bridgehead atoms. The topological polar surface area (TPSA) is 32.8 Å². The van der Waals surface area contributed by atoms with Crippen LogP contribution < -0.4 is 0 Å². The zero-order chi connectivity index (χ0) is 15.2. The number of rotatable bonds is 6. The van der Waals surface area contributed by atoms with Gasteiger partial charge in [-0.3, -0.25) is 0 Å². The summed E-state index contributed by atoms with van der Waals surface area (Å²) in [7, 11) is 3.94. The van der Waals surface area contributed by atoms with Gasteiger partial charge < -0.3 is 14.5 Å². The smallest absolute Gasteiger partial charge is 0.410 e. The fourth-order valence-corrected chi connectivity index (χ4v) is 1.83. The van der Waals surface area contributed by atoms with Crippen LogP contribution in [0.4, 0.5) is 4.79 Å². The molecule has 4 nitrogen and oxygen atoms in total. The number of nitrogens with zero attached hydrogens (tertiary/aromatic N) is 2. The van der Waals surface area contributed by atoms with E-state index in [2.05, 4.69) is 32.7 Å². The van der Waals surface area contributed by atoms with Gasteiger partial charge in [-0.2, -0.15) is 0 Å². The van der Waals surface area contributed by atoms with Crippen molar-refractivity contribution in [1.82, 2.24) is 9.80 Å². The molecule has 2 atom stereocenters. The van der Waals surface area contributed by atoms with Crippen molar-refractivity contribution >= 4 is 6.09 Å². The summed E-state index contributed by atoms with van der Waals surface area (Å²) >= 11 is 0. The summed E-state index contributed by atoms with van der Waals surface area (Å²) in [6.45, 7) is 13.1. The van der Waals surface area contributed by atoms with E-state index in [-0.39, 0.29) is 12.1 Å². The number of hydrogen-bond acceptors (Lipinski definition) is 3. The second-order valence-corrected chi connectivity index (χ2v) is 6.35. The van der Waals surface area contributed by atoms with Crippen molar-refractivity contribution in [2.45, 2.75) is 72.1 Å². The molecule has 0 heterocycles. The third-order valence-electron chi connectivity index (χ3n) is 3.54. The molecular weight excluding hydrogens is 240 g/mol. The number of amides is 1. The van der Waals surface area contributed by atoms with E-state index in [0.717, 1.165) is 19.4 Å². The standard InChI is InChI=1S/C15H32N2O2/c1-9-12(3)16(7)11-13(10-2)17(8)14(18)19-15(4,5)6/h12-13H,9-11H2,1-8H3/t12?,13-/m1/s1. The average molecular weight is 272 g/mol. The molecule has 1 amide bonds. The van der Waals surface area contributed by atoms with E-state index in [1.54, 1.807) is 4.90 Å². The van der Waals surface area contributed by atoms with E-state index in [4.69, 9.17) is 4.74 Å². The second kappa shape index (κ2) is 7.73. The Balaban J connectivity index is 4.55. The molecule has 0 radical (unpaired) electrons. The molecule has 0 N–H and O–H groups in total. The number of hydrogen-bond donors (Lipinski definition) is 0. The molecule has 0 aromatic rings. The van der Waals surface area contributed by atoms with Crippen LogP contribution in [0.5, 0.6) is 0 Å². The van der Waals surface area contributed by atoms with Crippen molar-refractivity contribution in [3.8, 4) is 0 Å². The van der Waals surface area contributed by atoms with Gasteiger partial charge in [0.2, 0.25) is 0 Å². The second-order valence-electron chi connectivity index (χ2n) is 6.35. The number of likely N-dealkylation sites (N-methyl/N-ethyl adjacent to an activating group) is 2. The fraction of sp³-hybridized carbons (Fsp3) is 0.933. The molecule has 0 saturated carbocycles. The zero-order valence-electron chi connectivity index (χ0n) is 14.0. The number of ether oxygens (including phenoxy) is 1. The largest absolute Gasteiger partial charge is 0.444 e. The van der Waals surface area contributed by atoms with Crippen molar-refractivity contribution in [2.75, 3.05) is 20.6 Å². The lowest BCUT2D eigenvalue weighted by Crippen LogP contribution is -2.47. The van der Waals surface area contributed by atoms with Gasteiger partial charge in [-0.15, -0.1) is 0 Å². The first-order valence-electron chi connectivity index (χ1n) is 7.28. The van der Waals surface area contributed by atoms with Crippen LogP contribution in [0.25, 0.3) is 0 Å². The molecule has 0 aromatic carbocycles. The maximum absolute atomic E-state index is 12.1. The third-order valence-corrected chi connectivity index (χ3v) is 3.54. The normalized spacial score (nSPS) is 15.2. The molecule has 0 fully saturated rings. The molecule has 0 aromatic heterocycles. The number of carbonyl (C=O) groups is 1. The molecule has 4 heteroatoms. The Morgan fingerprint density at radius 1 is 1.16 bits per heavy atom. The first-order chi connectivity index (χ1) is 8.62. The minimum atomic E-state index is -0.438. The quantitative estimate of drug-likeness (QED) is 0.743. The molecule has 114 valence electrons. The highest BCUT2D eigenvalue weighted by atomic mass is 16.6. The minimum absolute atomic E-state index is 0.189. The summed E-state index contributed by atoms with van der Waals surface area (Å²) in [6.07, 6.45) is 1.80. The SMILES string of the molecule is CCC(C)N(C)C[C@@H](CC)N(C)C(=O)OC(C)(C)C. The van der Waals surface area contributed by atoms with Gasteiger partial charge in [-0.1, -0.05) is 13.8 Å². The Morgan fingerprint density at radius 2 is 1.68 bits per heavy atom. The average Bonchev–Trinajstić information content (AvgIpc) is 2.31. The summed E-state index contributed by atoms with van der Waals surface area (Å²) in [5.74, 6) is 0. The van der Waals surface area contributed by atoms with Crippen molar-refractivity contribution in [2.24, 2.45) is 0 Å². The Kier molecular flexibility index (Phi) is 7.42. The van der Waals surface area contributed by atoms with E-state index in [1.165, 1.54) is 0 Å². The third kappa shape index (κ3) is 6.81. The maximum Gasteiger partial charge on any atom is 0.410 e. The molecule has 0 saturated heterocycles. The highest BCUT2D eigenvalue weighted by Crippen LogP contribution is 2.13. The van der Waals surface area contributed by atoms with Gasteiger partial charge in [0, 0.05) is 25.7 Å². The maximum atomic E-state index is 12.1. The van der Waals surface area contributed by atoms with Crippen LogP contribution in [0.15, 0.2) is 0 Å². The van der Waals surface area contributed by atoms with Gasteiger partial charge in [0.25, 0.3) is 0 Å². The van der Waals surface area contributed by atoms with Crippen molar-refractivity contribution < 1.29 is 9.53 Å². The number of carbonyl (C=O) groups excluding carboxylic acids is 1. The van der Waals surface area contributed by atoms with Crippen molar-refractivity contribution in [3.63, 3.8) is 0 Å². The van der Waals surface area contributed by atoms with E-state index < -0.39 is 5.60 Å². The Morgan fingerprint density at radius 3 is 2.05 bits per heavy atom. The van der Waals surface area contributed by atoms with Crippen molar-refractivity contribution in [1.29, 1.82) is 0 Å². The summed E-state index contributed by atoms with van der Waals surface area (Å²) < 4.78 is 5.42. The predicted molar refractivity (Wildman–Crippen MR) is 80.5 cm³/mol. The highest BCUT2D eigenvalue weighted by Gasteiger charge is 2.25. The molecule has 0 rings (SSSR count). The Hall–Kier alpha value is -0.770. The highest BCUT2D eigenvalue weighted by molar-refractivity contribution is 5.68. The summed E-state index contributed by atoms with van der Waals surface area (Å²) in [6, 6.07) is 0.718. The molecule has 0 aliphatic heterocycles. The van der Waals surface area contributed by atoms with E-state index in [9.17, 15) is 4.79 Å². The molecule has 0 spiro atoms. The lowest BCUT2D eigenvalue weighted by molar-refractivity contribution is 0.0178. The Labute approximate surface area is 119 Å². The zero-order valence-corrected chi connectivity index (χ0v) is 14.0. The monoisotopic (exact) mass is 272 g/mol.